The Kier molecular flexibility index (Phi) is 15.4. The van der Waals surface area contributed by atoms with E-state index in [2.05, 4.69) is 71.1 Å². The van der Waals surface area contributed by atoms with E-state index in [1.54, 1.807) is 0 Å². The zero-order chi connectivity index (χ0) is 52.0. The number of carbonyl (C=O) groups is 1. The van der Waals surface area contributed by atoms with Crippen molar-refractivity contribution in [2.24, 2.45) is 56.7 Å². The van der Waals surface area contributed by atoms with Crippen LogP contribution in [0.15, 0.2) is 42.5 Å². The van der Waals surface area contributed by atoms with Crippen molar-refractivity contribution in [3.8, 4) is 0 Å². The van der Waals surface area contributed by atoms with E-state index in [0.29, 0.717) is 24.8 Å². The van der Waals surface area contributed by atoms with E-state index >= 15 is 0 Å². The van der Waals surface area contributed by atoms with Gasteiger partial charge in [-0.15, -0.1) is 0 Å². The van der Waals surface area contributed by atoms with E-state index < -0.39 is 116 Å². The third kappa shape index (κ3) is 8.87. The van der Waals surface area contributed by atoms with Gasteiger partial charge in [0.15, 0.2) is 18.9 Å². The van der Waals surface area contributed by atoms with Gasteiger partial charge in [-0.25, -0.2) is 5.43 Å². The highest BCUT2D eigenvalue weighted by atomic mass is 16.8. The van der Waals surface area contributed by atoms with Gasteiger partial charge in [0.25, 0.3) is 0 Å². The number of fused-ring (bicyclic) bond motifs is 7. The predicted molar refractivity (Wildman–Crippen MR) is 261 cm³/mol. The van der Waals surface area contributed by atoms with Crippen LogP contribution in [0.3, 0.4) is 0 Å². The molecule has 8 fully saturated rings. The first kappa shape index (κ1) is 54.6. The van der Waals surface area contributed by atoms with E-state index in [1.165, 1.54) is 19.4 Å². The highest BCUT2D eigenvalue weighted by molar-refractivity contribution is 5.83. The second-order valence-electron chi connectivity index (χ2n) is 24.9. The van der Waals surface area contributed by atoms with Crippen molar-refractivity contribution in [1.82, 2.24) is 10.9 Å². The summed E-state index contributed by atoms with van der Waals surface area (Å²) in [6.07, 6.45) is -13.1. The molecule has 3 heterocycles. The molecule has 5 aliphatic carbocycles. The normalized spacial score (nSPS) is 51.0. The first-order valence-corrected chi connectivity index (χ1v) is 27.0. The molecule has 0 spiro atoms. The van der Waals surface area contributed by atoms with Gasteiger partial charge < -0.3 is 69.3 Å². The molecule has 17 nitrogen and oxygen atoms in total. The molecule has 3 aliphatic heterocycles. The van der Waals surface area contributed by atoms with Crippen LogP contribution >= 0.6 is 0 Å². The first-order valence-electron chi connectivity index (χ1n) is 27.0. The van der Waals surface area contributed by atoms with Crippen LogP contribution in [0.25, 0.3) is 0 Å². The Morgan fingerprint density at radius 2 is 1.29 bits per heavy atom. The number of aliphatic hydroxyl groups is 8. The summed E-state index contributed by atoms with van der Waals surface area (Å²) in [5.41, 5.74) is 7.77. The summed E-state index contributed by atoms with van der Waals surface area (Å²) in [5, 5.41) is 87.2. The number of nitrogens with one attached hydrogen (secondary N) is 2. The highest BCUT2D eigenvalue weighted by Gasteiger charge is 2.72. The number of ether oxygens (including phenoxy) is 6. The number of hydrogen-bond donors (Lipinski definition) is 10. The Bertz CT molecular complexity index is 2090. The van der Waals surface area contributed by atoms with Gasteiger partial charge >= 0.3 is 0 Å². The lowest BCUT2D eigenvalue weighted by Gasteiger charge is -2.73. The Morgan fingerprint density at radius 3 is 1.90 bits per heavy atom. The standard InChI is InChI=1S/C55H86N2O15/c1-27(2)31-17-22-55(50(66)57-56-25-30-13-11-10-12-14-30)24-23-53(8)32(37(31)55)15-16-35-52(7)20-19-36(51(5,6)34(52)18-21-54(35,53)9)70-49-46(72-48-43(64)41(62)39(60)29(4)68-48)44(65)45(33(26-58)69-49)71-47-42(63)40(61)38(59)28(3)67-47/h10-14,28-29,31-49,56,58-65H,1,15-26H2,2-9H3,(H,57,66)/t28-,29-,31-,32+,33+,34-,35+,36-,37+,38-,39-,40+,41+,42+,43+,44-,45+,46+,47-,48-,49-,52-,53+,54+,55-/m0/s1. The number of aliphatic hydroxyl groups excluding tert-OH is 8. The smallest absolute Gasteiger partial charge is 0.240 e. The van der Waals surface area contributed by atoms with Gasteiger partial charge in [-0.3, -0.25) is 10.2 Å². The molecule has 17 heteroatoms. The molecule has 8 aliphatic rings. The van der Waals surface area contributed by atoms with Gasteiger partial charge in [0, 0.05) is 6.54 Å². The maximum absolute atomic E-state index is 14.6. The third-order valence-corrected chi connectivity index (χ3v) is 21.1. The van der Waals surface area contributed by atoms with Crippen LogP contribution in [0, 0.1) is 56.7 Å². The van der Waals surface area contributed by atoms with Crippen LogP contribution in [0.5, 0.6) is 0 Å². The second kappa shape index (κ2) is 20.3. The Hall–Kier alpha value is -2.17. The van der Waals surface area contributed by atoms with E-state index in [9.17, 15) is 45.6 Å². The largest absolute Gasteiger partial charge is 0.394 e. The molecular weight excluding hydrogens is 929 g/mol. The van der Waals surface area contributed by atoms with E-state index in [1.807, 2.05) is 18.2 Å². The monoisotopic (exact) mass is 1010 g/mol. The van der Waals surface area contributed by atoms with Crippen LogP contribution in [-0.4, -0.2) is 152 Å². The lowest BCUT2D eigenvalue weighted by molar-refractivity contribution is -0.393. The summed E-state index contributed by atoms with van der Waals surface area (Å²) < 4.78 is 37.4. The quantitative estimate of drug-likeness (QED) is 0.0819. The van der Waals surface area contributed by atoms with Crippen molar-refractivity contribution < 1.29 is 74.1 Å². The molecule has 1 aromatic carbocycles. The number of amides is 1. The number of allylic oxidation sites excluding steroid dienone is 1. The van der Waals surface area contributed by atoms with Gasteiger partial charge in [-0.1, -0.05) is 77.1 Å². The number of hydrogen-bond acceptors (Lipinski definition) is 16. The SMILES string of the molecule is C=C(C)[C@@H]1CC[C@]2(C(=O)NNCc3ccccc3)CC[C@]3(C)[C@H](CC[C@@H]4[C@@]5(C)CC[C@H](O[C@@H]6O[C@H](CO)[C@@H](O[C@@H]7O[C@@H](C)[C@H](O)[C@@H](O)[C@H]7O)[C@H](O)[C@H]6O[C@@H]6O[C@@H](C)[C@H](O)[C@@H](O)[C@H]6O)C(C)(C)[C@@H]5CC[C@]43C)[C@@H]12. The molecule has 5 saturated carbocycles. The Morgan fingerprint density at radius 1 is 0.667 bits per heavy atom. The summed E-state index contributed by atoms with van der Waals surface area (Å²) in [4.78, 5) is 14.6. The van der Waals surface area contributed by atoms with Gasteiger partial charge in [0.05, 0.1) is 30.3 Å². The fraction of sp³-hybridized carbons (Fsp3) is 0.836. The molecule has 0 bridgehead atoms. The van der Waals surface area contributed by atoms with Crippen molar-refractivity contribution >= 4 is 5.91 Å². The molecule has 0 radical (unpaired) electrons. The lowest BCUT2D eigenvalue weighted by atomic mass is 9.32. The Balaban J connectivity index is 0.950. The maximum atomic E-state index is 14.6. The zero-order valence-corrected chi connectivity index (χ0v) is 43.6. The minimum Gasteiger partial charge on any atom is -0.394 e. The summed E-state index contributed by atoms with van der Waals surface area (Å²) in [5.74, 6) is 1.57. The summed E-state index contributed by atoms with van der Waals surface area (Å²) >= 11 is 0. The second-order valence-corrected chi connectivity index (χ2v) is 24.9. The fourth-order valence-corrected chi connectivity index (χ4v) is 16.9. The number of carbonyl (C=O) groups excluding carboxylic acids is 1. The minimum atomic E-state index is -1.74. The van der Waals surface area contributed by atoms with Crippen molar-refractivity contribution in [1.29, 1.82) is 0 Å². The molecule has 25 atom stereocenters. The van der Waals surface area contributed by atoms with E-state index in [4.69, 9.17) is 28.4 Å². The van der Waals surface area contributed by atoms with Crippen LogP contribution in [0.4, 0.5) is 0 Å². The van der Waals surface area contributed by atoms with Crippen molar-refractivity contribution in [3.05, 3.63) is 48.0 Å². The topological polar surface area (TPSA) is 258 Å². The average molecular weight is 1020 g/mol. The number of benzene rings is 1. The van der Waals surface area contributed by atoms with Gasteiger partial charge in [0.1, 0.15) is 61.0 Å². The lowest BCUT2D eigenvalue weighted by Crippen LogP contribution is -2.68. The van der Waals surface area contributed by atoms with Gasteiger partial charge in [-0.2, -0.15) is 0 Å². The molecule has 0 aromatic heterocycles. The fourth-order valence-electron chi connectivity index (χ4n) is 16.9. The average Bonchev–Trinajstić information content (AvgIpc) is 3.75. The number of hydrazine groups is 1. The predicted octanol–water partition coefficient (Wildman–Crippen LogP) is 3.35. The molecule has 72 heavy (non-hydrogen) atoms. The first-order chi connectivity index (χ1) is 33.9. The highest BCUT2D eigenvalue weighted by Crippen LogP contribution is 2.77. The number of rotatable bonds is 12. The third-order valence-electron chi connectivity index (χ3n) is 21.1. The molecule has 1 aromatic rings. The summed E-state index contributed by atoms with van der Waals surface area (Å²) in [6, 6.07) is 10.1. The van der Waals surface area contributed by atoms with Crippen LogP contribution in [-0.2, 0) is 39.8 Å². The summed E-state index contributed by atoms with van der Waals surface area (Å²) in [7, 11) is 0. The van der Waals surface area contributed by atoms with E-state index in [0.717, 1.165) is 63.4 Å². The molecule has 406 valence electrons. The molecular formula is C55H86N2O15. The van der Waals surface area contributed by atoms with Crippen molar-refractivity contribution in [3.63, 3.8) is 0 Å². The zero-order valence-electron chi connectivity index (χ0n) is 43.6. The van der Waals surface area contributed by atoms with Crippen molar-refractivity contribution in [2.45, 2.75) is 224 Å². The summed E-state index contributed by atoms with van der Waals surface area (Å²) in [6.45, 7) is 21.7. The molecule has 1 amide bonds. The molecule has 10 N–H and O–H groups in total. The van der Waals surface area contributed by atoms with Crippen molar-refractivity contribution in [2.75, 3.05) is 6.61 Å². The Labute approximate surface area is 425 Å². The maximum Gasteiger partial charge on any atom is 0.240 e. The minimum absolute atomic E-state index is 0.00208. The molecule has 3 saturated heterocycles. The van der Waals surface area contributed by atoms with Gasteiger partial charge in [-0.05, 0) is 142 Å². The van der Waals surface area contributed by atoms with Crippen LogP contribution in [0.2, 0.25) is 0 Å². The van der Waals surface area contributed by atoms with Crippen LogP contribution < -0.4 is 10.9 Å². The van der Waals surface area contributed by atoms with Crippen LogP contribution in [0.1, 0.15) is 125 Å². The molecule has 0 unspecified atom stereocenters. The molecule has 9 rings (SSSR count). The van der Waals surface area contributed by atoms with Gasteiger partial charge in [0.2, 0.25) is 5.91 Å². The van der Waals surface area contributed by atoms with E-state index in [-0.39, 0.29) is 39.9 Å².